The first-order chi connectivity index (χ1) is 10.1. The Morgan fingerprint density at radius 2 is 1.95 bits per heavy atom. The molecule has 1 aromatic carbocycles. The SMILES string of the molecule is CCCc1nc(N)c(C)c(Nc2ccc(CC#N)cc2)n1. The number of aromatic nitrogens is 2. The Labute approximate surface area is 124 Å². The van der Waals surface area contributed by atoms with Crippen molar-refractivity contribution >= 4 is 17.3 Å². The van der Waals surface area contributed by atoms with E-state index in [-0.39, 0.29) is 0 Å². The average molecular weight is 281 g/mol. The van der Waals surface area contributed by atoms with Gasteiger partial charge in [-0.3, -0.25) is 0 Å². The van der Waals surface area contributed by atoms with Crippen LogP contribution in [0.2, 0.25) is 0 Å². The average Bonchev–Trinajstić information content (AvgIpc) is 2.47. The molecular weight excluding hydrogens is 262 g/mol. The van der Waals surface area contributed by atoms with Crippen molar-refractivity contribution in [2.45, 2.75) is 33.1 Å². The Kier molecular flexibility index (Phi) is 4.72. The molecule has 1 aromatic heterocycles. The minimum atomic E-state index is 0.417. The largest absolute Gasteiger partial charge is 0.383 e. The lowest BCUT2D eigenvalue weighted by atomic mass is 10.1. The summed E-state index contributed by atoms with van der Waals surface area (Å²) in [6.45, 7) is 3.98. The molecule has 3 N–H and O–H groups in total. The van der Waals surface area contributed by atoms with E-state index in [0.717, 1.165) is 41.3 Å². The molecule has 0 saturated heterocycles. The van der Waals surface area contributed by atoms with Gasteiger partial charge in [-0.1, -0.05) is 19.1 Å². The van der Waals surface area contributed by atoms with E-state index in [1.807, 2.05) is 31.2 Å². The van der Waals surface area contributed by atoms with Crippen LogP contribution < -0.4 is 11.1 Å². The molecule has 5 nitrogen and oxygen atoms in total. The van der Waals surface area contributed by atoms with Crippen LogP contribution in [0.25, 0.3) is 0 Å². The fourth-order valence-corrected chi connectivity index (χ4v) is 1.97. The third-order valence-corrected chi connectivity index (χ3v) is 3.20. The molecule has 2 rings (SSSR count). The number of nitriles is 1. The van der Waals surface area contributed by atoms with Crippen molar-refractivity contribution in [1.29, 1.82) is 5.26 Å². The number of nitrogens with zero attached hydrogens (tertiary/aromatic N) is 3. The van der Waals surface area contributed by atoms with Gasteiger partial charge in [0.2, 0.25) is 0 Å². The van der Waals surface area contributed by atoms with Crippen LogP contribution in [0.5, 0.6) is 0 Å². The highest BCUT2D eigenvalue weighted by atomic mass is 15.1. The Hall–Kier alpha value is -2.61. The molecule has 5 heteroatoms. The number of aryl methyl sites for hydroxylation is 1. The van der Waals surface area contributed by atoms with E-state index >= 15 is 0 Å². The molecule has 1 heterocycles. The maximum absolute atomic E-state index is 8.68. The number of nitrogens with one attached hydrogen (secondary N) is 1. The Bertz CT molecular complexity index is 656. The fourth-order valence-electron chi connectivity index (χ4n) is 1.97. The van der Waals surface area contributed by atoms with Gasteiger partial charge in [0.25, 0.3) is 0 Å². The highest BCUT2D eigenvalue weighted by molar-refractivity contribution is 5.63. The van der Waals surface area contributed by atoms with Gasteiger partial charge in [-0.05, 0) is 31.0 Å². The summed E-state index contributed by atoms with van der Waals surface area (Å²) < 4.78 is 0. The van der Waals surface area contributed by atoms with E-state index in [4.69, 9.17) is 11.0 Å². The van der Waals surface area contributed by atoms with Gasteiger partial charge in [0.15, 0.2) is 0 Å². The Morgan fingerprint density at radius 3 is 2.57 bits per heavy atom. The second kappa shape index (κ2) is 6.71. The quantitative estimate of drug-likeness (QED) is 0.879. The molecule has 0 aliphatic rings. The zero-order chi connectivity index (χ0) is 15.2. The number of benzene rings is 1. The second-order valence-corrected chi connectivity index (χ2v) is 4.91. The van der Waals surface area contributed by atoms with Crippen molar-refractivity contribution in [1.82, 2.24) is 9.97 Å². The second-order valence-electron chi connectivity index (χ2n) is 4.91. The van der Waals surface area contributed by atoms with Crippen LogP contribution in [0.4, 0.5) is 17.3 Å². The smallest absolute Gasteiger partial charge is 0.139 e. The predicted octanol–water partition coefficient (Wildman–Crippen LogP) is 3.13. The third-order valence-electron chi connectivity index (χ3n) is 3.20. The minimum absolute atomic E-state index is 0.417. The lowest BCUT2D eigenvalue weighted by Gasteiger charge is -2.12. The zero-order valence-electron chi connectivity index (χ0n) is 12.3. The molecule has 108 valence electrons. The van der Waals surface area contributed by atoms with E-state index in [9.17, 15) is 0 Å². The number of nitrogens with two attached hydrogens (primary N) is 1. The molecule has 0 fully saturated rings. The Morgan fingerprint density at radius 1 is 1.24 bits per heavy atom. The van der Waals surface area contributed by atoms with Crippen molar-refractivity contribution in [3.05, 3.63) is 41.2 Å². The van der Waals surface area contributed by atoms with Crippen LogP contribution >= 0.6 is 0 Å². The molecule has 2 aromatic rings. The van der Waals surface area contributed by atoms with Crippen LogP contribution in [0, 0.1) is 18.3 Å². The van der Waals surface area contributed by atoms with Gasteiger partial charge >= 0.3 is 0 Å². The van der Waals surface area contributed by atoms with Crippen LogP contribution in [0.15, 0.2) is 24.3 Å². The van der Waals surface area contributed by atoms with Gasteiger partial charge in [0, 0.05) is 17.7 Å². The number of rotatable bonds is 5. The van der Waals surface area contributed by atoms with Crippen molar-refractivity contribution < 1.29 is 0 Å². The molecule has 0 radical (unpaired) electrons. The molecule has 21 heavy (non-hydrogen) atoms. The first kappa shape index (κ1) is 14.8. The number of anilines is 3. The zero-order valence-corrected chi connectivity index (χ0v) is 12.3. The summed E-state index contributed by atoms with van der Waals surface area (Å²) in [5.74, 6) is 2.00. The minimum Gasteiger partial charge on any atom is -0.383 e. The van der Waals surface area contributed by atoms with Gasteiger partial charge < -0.3 is 11.1 Å². The summed E-state index contributed by atoms with van der Waals surface area (Å²) in [5.41, 5.74) is 8.70. The van der Waals surface area contributed by atoms with Crippen molar-refractivity contribution in [2.75, 3.05) is 11.1 Å². The van der Waals surface area contributed by atoms with Gasteiger partial charge in [-0.2, -0.15) is 5.26 Å². The monoisotopic (exact) mass is 281 g/mol. The molecule has 0 saturated carbocycles. The number of hydrogen-bond acceptors (Lipinski definition) is 5. The van der Waals surface area contributed by atoms with Gasteiger partial charge in [0.1, 0.15) is 17.5 Å². The van der Waals surface area contributed by atoms with E-state index in [0.29, 0.717) is 12.2 Å². The number of nitrogen functional groups attached to an aromatic ring is 1. The molecule has 0 unspecified atom stereocenters. The summed E-state index contributed by atoms with van der Waals surface area (Å²) in [6, 6.07) is 9.86. The van der Waals surface area contributed by atoms with Gasteiger partial charge in [-0.15, -0.1) is 0 Å². The highest BCUT2D eigenvalue weighted by Crippen LogP contribution is 2.22. The van der Waals surface area contributed by atoms with Gasteiger partial charge in [-0.25, -0.2) is 9.97 Å². The van der Waals surface area contributed by atoms with Crippen LogP contribution in [-0.4, -0.2) is 9.97 Å². The van der Waals surface area contributed by atoms with Crippen molar-refractivity contribution in [2.24, 2.45) is 0 Å². The summed E-state index contributed by atoms with van der Waals surface area (Å²) >= 11 is 0. The molecule has 0 aliphatic carbocycles. The van der Waals surface area contributed by atoms with Gasteiger partial charge in [0.05, 0.1) is 12.5 Å². The van der Waals surface area contributed by atoms with Crippen molar-refractivity contribution in [3.8, 4) is 6.07 Å². The standard InChI is InChI=1S/C16H19N5/c1-3-4-14-20-15(18)11(2)16(21-14)19-13-7-5-12(6-8-13)9-10-17/h5-8H,3-4,9H2,1-2H3,(H3,18,19,20,21). The molecule has 0 aliphatic heterocycles. The summed E-state index contributed by atoms with van der Waals surface area (Å²) in [5, 5.41) is 11.9. The van der Waals surface area contributed by atoms with Crippen molar-refractivity contribution in [3.63, 3.8) is 0 Å². The fraction of sp³-hybridized carbons (Fsp3) is 0.312. The summed E-state index contributed by atoms with van der Waals surface area (Å²) in [6.07, 6.45) is 2.20. The molecule has 0 amide bonds. The molecule has 0 spiro atoms. The first-order valence-electron chi connectivity index (χ1n) is 7.00. The predicted molar refractivity (Wildman–Crippen MR) is 84.2 cm³/mol. The van der Waals surface area contributed by atoms with Crippen LogP contribution in [0.1, 0.15) is 30.3 Å². The highest BCUT2D eigenvalue weighted by Gasteiger charge is 2.08. The third kappa shape index (κ3) is 3.69. The lowest BCUT2D eigenvalue weighted by Crippen LogP contribution is -2.07. The van der Waals surface area contributed by atoms with E-state index in [1.54, 1.807) is 0 Å². The normalized spacial score (nSPS) is 10.1. The maximum Gasteiger partial charge on any atom is 0.139 e. The summed E-state index contributed by atoms with van der Waals surface area (Å²) in [4.78, 5) is 8.82. The van der Waals surface area contributed by atoms with Crippen LogP contribution in [-0.2, 0) is 12.8 Å². The molecule has 0 bridgehead atoms. The molecular formula is C16H19N5. The first-order valence-corrected chi connectivity index (χ1v) is 7.00. The molecule has 0 atom stereocenters. The lowest BCUT2D eigenvalue weighted by molar-refractivity contribution is 0.836. The van der Waals surface area contributed by atoms with Crippen LogP contribution in [0.3, 0.4) is 0 Å². The number of hydrogen-bond donors (Lipinski definition) is 2. The maximum atomic E-state index is 8.68. The van der Waals surface area contributed by atoms with E-state index in [1.165, 1.54) is 0 Å². The topological polar surface area (TPSA) is 87.6 Å². The summed E-state index contributed by atoms with van der Waals surface area (Å²) in [7, 11) is 0. The Balaban J connectivity index is 2.24. The van der Waals surface area contributed by atoms with E-state index in [2.05, 4.69) is 28.3 Å². The van der Waals surface area contributed by atoms with E-state index < -0.39 is 0 Å².